The number of anilines is 1. The minimum Gasteiger partial charge on any atom is -0.409 e. The van der Waals surface area contributed by atoms with Crippen molar-refractivity contribution < 1.29 is 9.94 Å². The molecule has 6 nitrogen and oxygen atoms in total. The number of amidine groups is 1. The lowest BCUT2D eigenvalue weighted by atomic mass is 10.2. The van der Waals surface area contributed by atoms with Crippen molar-refractivity contribution in [3.63, 3.8) is 0 Å². The minimum absolute atomic E-state index is 0.107. The predicted molar refractivity (Wildman–Crippen MR) is 69.0 cm³/mol. The van der Waals surface area contributed by atoms with Crippen LogP contribution in [0.4, 0.5) is 5.69 Å². The van der Waals surface area contributed by atoms with Gasteiger partial charge in [0.05, 0.1) is 18.5 Å². The summed E-state index contributed by atoms with van der Waals surface area (Å²) in [7, 11) is 1.68. The molecule has 0 unspecified atom stereocenters. The molecule has 0 bridgehead atoms. The third-order valence-corrected chi connectivity index (χ3v) is 3.02. The van der Waals surface area contributed by atoms with Crippen LogP contribution < -0.4 is 10.6 Å². The van der Waals surface area contributed by atoms with Crippen molar-refractivity contribution in [2.24, 2.45) is 10.9 Å². The highest BCUT2D eigenvalue weighted by Gasteiger charge is 2.30. The standard InChI is InChI=1S/C12H18N4O2/c1-18-7-6-16(9-2-3-9)11-8-14-5-4-10(11)12(13)15-17/h4-5,8-9,17H,2-3,6-7H2,1H3,(H2,13,15). The molecule has 18 heavy (non-hydrogen) atoms. The van der Waals surface area contributed by atoms with E-state index in [9.17, 15) is 0 Å². The van der Waals surface area contributed by atoms with Crippen molar-refractivity contribution in [3.05, 3.63) is 24.0 Å². The predicted octanol–water partition coefficient (Wildman–Crippen LogP) is 0.791. The van der Waals surface area contributed by atoms with Crippen molar-refractivity contribution in [3.8, 4) is 0 Å². The smallest absolute Gasteiger partial charge is 0.172 e. The van der Waals surface area contributed by atoms with Gasteiger partial charge in [0, 0.05) is 31.5 Å². The number of nitrogens with zero attached hydrogens (tertiary/aromatic N) is 3. The number of nitrogens with two attached hydrogens (primary N) is 1. The van der Waals surface area contributed by atoms with Gasteiger partial charge in [-0.1, -0.05) is 5.16 Å². The Bertz CT molecular complexity index is 432. The molecule has 1 aromatic rings. The van der Waals surface area contributed by atoms with Gasteiger partial charge in [-0.3, -0.25) is 4.98 Å². The number of pyridine rings is 1. The third-order valence-electron chi connectivity index (χ3n) is 3.02. The van der Waals surface area contributed by atoms with Crippen molar-refractivity contribution in [1.29, 1.82) is 0 Å². The van der Waals surface area contributed by atoms with E-state index in [2.05, 4.69) is 15.0 Å². The van der Waals surface area contributed by atoms with Crippen molar-refractivity contribution in [2.75, 3.05) is 25.2 Å². The summed E-state index contributed by atoms with van der Waals surface area (Å²) in [6.45, 7) is 1.42. The molecule has 3 N–H and O–H groups in total. The van der Waals surface area contributed by atoms with Crippen LogP contribution in [0.5, 0.6) is 0 Å². The van der Waals surface area contributed by atoms with E-state index in [1.165, 1.54) is 0 Å². The SMILES string of the molecule is COCCN(c1cnccc1/C(N)=N/O)C1CC1. The Balaban J connectivity index is 2.28. The van der Waals surface area contributed by atoms with E-state index in [0.29, 0.717) is 18.2 Å². The van der Waals surface area contributed by atoms with Gasteiger partial charge in [0.15, 0.2) is 5.84 Å². The Morgan fingerprint density at radius 3 is 3.06 bits per heavy atom. The van der Waals surface area contributed by atoms with Gasteiger partial charge in [-0.2, -0.15) is 0 Å². The minimum atomic E-state index is 0.107. The molecule has 0 amide bonds. The molecule has 1 fully saturated rings. The van der Waals surface area contributed by atoms with Gasteiger partial charge in [0.25, 0.3) is 0 Å². The largest absolute Gasteiger partial charge is 0.409 e. The number of hydrogen-bond acceptors (Lipinski definition) is 5. The van der Waals surface area contributed by atoms with E-state index in [1.807, 2.05) is 0 Å². The first kappa shape index (κ1) is 12.6. The quantitative estimate of drug-likeness (QED) is 0.337. The van der Waals surface area contributed by atoms with Gasteiger partial charge in [-0.25, -0.2) is 0 Å². The Labute approximate surface area is 106 Å². The molecule has 1 aromatic heterocycles. The molecule has 0 spiro atoms. The highest BCUT2D eigenvalue weighted by atomic mass is 16.5. The topological polar surface area (TPSA) is 84.0 Å². The molecular formula is C12H18N4O2. The van der Waals surface area contributed by atoms with Crippen LogP contribution in [0.2, 0.25) is 0 Å². The van der Waals surface area contributed by atoms with Crippen LogP contribution in [0.3, 0.4) is 0 Å². The summed E-state index contributed by atoms with van der Waals surface area (Å²) in [5.74, 6) is 0.107. The summed E-state index contributed by atoms with van der Waals surface area (Å²) in [4.78, 5) is 6.34. The monoisotopic (exact) mass is 250 g/mol. The lowest BCUT2D eigenvalue weighted by Gasteiger charge is -2.26. The molecule has 1 aliphatic carbocycles. The van der Waals surface area contributed by atoms with Gasteiger partial charge >= 0.3 is 0 Å². The van der Waals surface area contributed by atoms with E-state index in [4.69, 9.17) is 15.7 Å². The zero-order valence-electron chi connectivity index (χ0n) is 10.4. The number of ether oxygens (including phenoxy) is 1. The molecule has 1 heterocycles. The first-order valence-corrected chi connectivity index (χ1v) is 5.95. The molecule has 0 saturated heterocycles. The van der Waals surface area contributed by atoms with E-state index >= 15 is 0 Å². The molecule has 2 rings (SSSR count). The Hall–Kier alpha value is -1.82. The number of methoxy groups -OCH3 is 1. The average Bonchev–Trinajstić information content (AvgIpc) is 3.23. The first-order valence-electron chi connectivity index (χ1n) is 5.95. The van der Waals surface area contributed by atoms with Crippen molar-refractivity contribution >= 4 is 11.5 Å². The second-order valence-corrected chi connectivity index (χ2v) is 4.30. The fourth-order valence-electron chi connectivity index (χ4n) is 1.96. The highest BCUT2D eigenvalue weighted by Crippen LogP contribution is 2.32. The maximum Gasteiger partial charge on any atom is 0.172 e. The van der Waals surface area contributed by atoms with Crippen LogP contribution in [0, 0.1) is 0 Å². The number of oxime groups is 1. The van der Waals surface area contributed by atoms with Gasteiger partial charge in [-0.05, 0) is 18.9 Å². The summed E-state index contributed by atoms with van der Waals surface area (Å²) in [5, 5.41) is 11.9. The molecule has 0 aromatic carbocycles. The number of aromatic nitrogens is 1. The van der Waals surface area contributed by atoms with Crippen molar-refractivity contribution in [1.82, 2.24) is 4.98 Å². The Morgan fingerprint density at radius 1 is 1.67 bits per heavy atom. The lowest BCUT2D eigenvalue weighted by molar-refractivity contribution is 0.205. The molecule has 1 saturated carbocycles. The molecule has 0 aliphatic heterocycles. The van der Waals surface area contributed by atoms with E-state index in [0.717, 1.165) is 25.1 Å². The van der Waals surface area contributed by atoms with Crippen LogP contribution in [-0.4, -0.2) is 42.3 Å². The van der Waals surface area contributed by atoms with Crippen LogP contribution in [0.1, 0.15) is 18.4 Å². The summed E-state index contributed by atoms with van der Waals surface area (Å²) in [6, 6.07) is 2.27. The summed E-state index contributed by atoms with van der Waals surface area (Å²) >= 11 is 0. The van der Waals surface area contributed by atoms with Gasteiger partial charge in [0.2, 0.25) is 0 Å². The number of rotatable bonds is 6. The zero-order chi connectivity index (χ0) is 13.0. The highest BCUT2D eigenvalue weighted by molar-refractivity contribution is 6.02. The van der Waals surface area contributed by atoms with Crippen LogP contribution in [0.15, 0.2) is 23.6 Å². The Kier molecular flexibility index (Phi) is 3.99. The molecular weight excluding hydrogens is 232 g/mol. The third kappa shape index (κ3) is 2.70. The van der Waals surface area contributed by atoms with E-state index in [1.54, 1.807) is 25.6 Å². The van der Waals surface area contributed by atoms with Crippen molar-refractivity contribution in [2.45, 2.75) is 18.9 Å². The molecule has 0 radical (unpaired) electrons. The van der Waals surface area contributed by atoms with Crippen LogP contribution >= 0.6 is 0 Å². The molecule has 0 atom stereocenters. The summed E-state index contributed by atoms with van der Waals surface area (Å²) in [6.07, 6.45) is 5.71. The van der Waals surface area contributed by atoms with Crippen LogP contribution in [-0.2, 0) is 4.74 Å². The normalized spacial score (nSPS) is 15.7. The first-order chi connectivity index (χ1) is 8.77. The number of hydrogen-bond donors (Lipinski definition) is 2. The maximum absolute atomic E-state index is 8.82. The van der Waals surface area contributed by atoms with Gasteiger partial charge in [-0.15, -0.1) is 0 Å². The average molecular weight is 250 g/mol. The van der Waals surface area contributed by atoms with E-state index in [-0.39, 0.29) is 5.84 Å². The second kappa shape index (κ2) is 5.68. The Morgan fingerprint density at radius 2 is 2.44 bits per heavy atom. The van der Waals surface area contributed by atoms with E-state index < -0.39 is 0 Å². The van der Waals surface area contributed by atoms with Crippen LogP contribution in [0.25, 0.3) is 0 Å². The summed E-state index contributed by atoms with van der Waals surface area (Å²) in [5.41, 5.74) is 7.30. The maximum atomic E-state index is 8.82. The van der Waals surface area contributed by atoms with Gasteiger partial charge < -0.3 is 20.6 Å². The van der Waals surface area contributed by atoms with Gasteiger partial charge in [0.1, 0.15) is 0 Å². The lowest BCUT2D eigenvalue weighted by Crippen LogP contribution is -2.32. The zero-order valence-corrected chi connectivity index (χ0v) is 10.4. The fraction of sp³-hybridized carbons (Fsp3) is 0.500. The fourth-order valence-corrected chi connectivity index (χ4v) is 1.96. The molecule has 6 heteroatoms. The molecule has 98 valence electrons. The molecule has 1 aliphatic rings. The second-order valence-electron chi connectivity index (χ2n) is 4.30. The summed E-state index contributed by atoms with van der Waals surface area (Å²) < 4.78 is 5.13.